The van der Waals surface area contributed by atoms with Crippen molar-refractivity contribution < 1.29 is 4.74 Å². The summed E-state index contributed by atoms with van der Waals surface area (Å²) in [6.45, 7) is 11.0. The van der Waals surface area contributed by atoms with Crippen LogP contribution in [0.4, 0.5) is 11.4 Å². The number of fused-ring (bicyclic) bond motifs is 2. The lowest BCUT2D eigenvalue weighted by atomic mass is 9.74. The lowest BCUT2D eigenvalue weighted by Crippen LogP contribution is -2.42. The molecule has 2 aromatic carbocycles. The van der Waals surface area contributed by atoms with Gasteiger partial charge in [0.15, 0.2) is 0 Å². The average molecular weight is 392 g/mol. The van der Waals surface area contributed by atoms with Crippen molar-refractivity contribution >= 4 is 11.4 Å². The molecule has 4 nitrogen and oxygen atoms in total. The molecule has 2 heterocycles. The molecule has 1 saturated carbocycles. The molecule has 0 unspecified atom stereocenters. The van der Waals surface area contributed by atoms with Crippen LogP contribution in [0.15, 0.2) is 36.4 Å². The Bertz CT molecular complexity index is 882. The predicted octanol–water partition coefficient (Wildman–Crippen LogP) is 4.65. The Balaban J connectivity index is 1.37. The average Bonchev–Trinajstić information content (AvgIpc) is 2.68. The highest BCUT2D eigenvalue weighted by Crippen LogP contribution is 2.46. The summed E-state index contributed by atoms with van der Waals surface area (Å²) in [4.78, 5) is 2.54. The fourth-order valence-electron chi connectivity index (χ4n) is 4.87. The zero-order chi connectivity index (χ0) is 19.8. The maximum atomic E-state index is 6.09. The molecule has 5 rings (SSSR count). The number of anilines is 2. The first-order valence-electron chi connectivity index (χ1n) is 11.2. The van der Waals surface area contributed by atoms with Crippen molar-refractivity contribution in [3.63, 3.8) is 0 Å². The van der Waals surface area contributed by atoms with Crippen LogP contribution in [0.1, 0.15) is 49.8 Å². The van der Waals surface area contributed by atoms with Gasteiger partial charge in [0.1, 0.15) is 5.75 Å². The van der Waals surface area contributed by atoms with Crippen LogP contribution in [0.25, 0.3) is 0 Å². The van der Waals surface area contributed by atoms with Gasteiger partial charge in [-0.15, -0.1) is 0 Å². The number of ether oxygens (including phenoxy) is 1. The third-order valence-corrected chi connectivity index (χ3v) is 7.02. The van der Waals surface area contributed by atoms with Crippen molar-refractivity contribution in [3.8, 4) is 5.75 Å². The van der Waals surface area contributed by atoms with E-state index in [-0.39, 0.29) is 5.41 Å². The summed E-state index contributed by atoms with van der Waals surface area (Å²) < 4.78 is 6.09. The SMILES string of the molecule is CC1(C)c2ccc(OCC3CCC3)cc2Nc2ccc(CN3CCNCC3)cc21. The number of hydrogen-bond acceptors (Lipinski definition) is 4. The molecule has 0 amide bonds. The molecule has 4 heteroatoms. The third-order valence-electron chi connectivity index (χ3n) is 7.02. The number of benzene rings is 2. The van der Waals surface area contributed by atoms with Gasteiger partial charge in [0, 0.05) is 55.6 Å². The predicted molar refractivity (Wildman–Crippen MR) is 119 cm³/mol. The van der Waals surface area contributed by atoms with Gasteiger partial charge in [0.2, 0.25) is 0 Å². The molecular formula is C25H33N3O. The third kappa shape index (κ3) is 3.76. The number of rotatable bonds is 5. The number of nitrogens with one attached hydrogen (secondary N) is 2. The van der Waals surface area contributed by atoms with Crippen LogP contribution in [0.2, 0.25) is 0 Å². The van der Waals surface area contributed by atoms with Crippen molar-refractivity contribution in [3.05, 3.63) is 53.1 Å². The van der Waals surface area contributed by atoms with Crippen molar-refractivity contribution in [2.24, 2.45) is 5.92 Å². The topological polar surface area (TPSA) is 36.5 Å². The van der Waals surface area contributed by atoms with E-state index in [1.807, 2.05) is 0 Å². The Kier molecular flexibility index (Phi) is 5.00. The summed E-state index contributed by atoms with van der Waals surface area (Å²) >= 11 is 0. The van der Waals surface area contributed by atoms with Gasteiger partial charge in [-0.25, -0.2) is 0 Å². The van der Waals surface area contributed by atoms with Crippen molar-refractivity contribution in [2.45, 2.75) is 45.1 Å². The van der Waals surface area contributed by atoms with E-state index < -0.39 is 0 Å². The minimum absolute atomic E-state index is 0.0259. The molecule has 29 heavy (non-hydrogen) atoms. The smallest absolute Gasteiger partial charge is 0.121 e. The minimum atomic E-state index is -0.0259. The molecule has 2 aliphatic heterocycles. The number of piperazine rings is 1. The summed E-state index contributed by atoms with van der Waals surface area (Å²) in [6, 6.07) is 13.5. The van der Waals surface area contributed by atoms with Crippen LogP contribution in [-0.2, 0) is 12.0 Å². The highest BCUT2D eigenvalue weighted by atomic mass is 16.5. The molecular weight excluding hydrogens is 358 g/mol. The van der Waals surface area contributed by atoms with E-state index in [1.165, 1.54) is 47.3 Å². The van der Waals surface area contributed by atoms with E-state index in [4.69, 9.17) is 4.74 Å². The van der Waals surface area contributed by atoms with Gasteiger partial charge < -0.3 is 15.4 Å². The second kappa shape index (κ2) is 7.66. The van der Waals surface area contributed by atoms with Crippen LogP contribution in [-0.4, -0.2) is 37.7 Å². The fraction of sp³-hybridized carbons (Fsp3) is 0.520. The first-order valence-corrected chi connectivity index (χ1v) is 11.2. The van der Waals surface area contributed by atoms with E-state index in [9.17, 15) is 0 Å². The first-order chi connectivity index (χ1) is 14.1. The first kappa shape index (κ1) is 19.0. The fourth-order valence-corrected chi connectivity index (χ4v) is 4.87. The van der Waals surface area contributed by atoms with Gasteiger partial charge in [0.05, 0.1) is 6.61 Å². The van der Waals surface area contributed by atoms with Crippen LogP contribution >= 0.6 is 0 Å². The molecule has 1 aliphatic carbocycles. The standard InChI is InChI=1S/C25H33N3O/c1-25(2)21-8-7-20(29-17-18-4-3-5-18)15-24(21)27-23-9-6-19(14-22(23)25)16-28-12-10-26-11-13-28/h6-9,14-15,18,26-27H,3-5,10-13,16-17H2,1-2H3. The van der Waals surface area contributed by atoms with Gasteiger partial charge >= 0.3 is 0 Å². The summed E-state index contributed by atoms with van der Waals surface area (Å²) in [5, 5.41) is 7.12. The molecule has 2 N–H and O–H groups in total. The van der Waals surface area contributed by atoms with Gasteiger partial charge in [-0.1, -0.05) is 38.5 Å². The van der Waals surface area contributed by atoms with Crippen molar-refractivity contribution in [1.82, 2.24) is 10.2 Å². The van der Waals surface area contributed by atoms with E-state index in [1.54, 1.807) is 0 Å². The highest BCUT2D eigenvalue weighted by molar-refractivity contribution is 5.76. The van der Waals surface area contributed by atoms with Gasteiger partial charge in [-0.05, 0) is 47.6 Å². The molecule has 2 fully saturated rings. The molecule has 0 aromatic heterocycles. The molecule has 0 radical (unpaired) electrons. The Hall–Kier alpha value is -2.04. The van der Waals surface area contributed by atoms with Crippen LogP contribution in [0.5, 0.6) is 5.75 Å². The lowest BCUT2D eigenvalue weighted by Gasteiger charge is -2.36. The van der Waals surface area contributed by atoms with Gasteiger partial charge in [-0.2, -0.15) is 0 Å². The monoisotopic (exact) mass is 391 g/mol. The van der Waals surface area contributed by atoms with Crippen molar-refractivity contribution in [2.75, 3.05) is 38.1 Å². The van der Waals surface area contributed by atoms with Crippen LogP contribution < -0.4 is 15.4 Å². The Labute approximate surface area is 174 Å². The molecule has 1 saturated heterocycles. The molecule has 2 aromatic rings. The Morgan fingerprint density at radius 2 is 1.83 bits per heavy atom. The second-order valence-electron chi connectivity index (χ2n) is 9.47. The van der Waals surface area contributed by atoms with E-state index in [0.29, 0.717) is 0 Å². The zero-order valence-electron chi connectivity index (χ0n) is 17.8. The Morgan fingerprint density at radius 1 is 1.00 bits per heavy atom. The summed E-state index contributed by atoms with van der Waals surface area (Å²) in [5.74, 6) is 1.74. The lowest BCUT2D eigenvalue weighted by molar-refractivity contribution is 0.180. The van der Waals surface area contributed by atoms with E-state index in [0.717, 1.165) is 51.0 Å². The zero-order valence-corrected chi connectivity index (χ0v) is 17.8. The number of nitrogens with zero attached hydrogens (tertiary/aromatic N) is 1. The Morgan fingerprint density at radius 3 is 2.59 bits per heavy atom. The van der Waals surface area contributed by atoms with Gasteiger partial charge in [-0.3, -0.25) is 4.90 Å². The number of hydrogen-bond donors (Lipinski definition) is 2. The minimum Gasteiger partial charge on any atom is -0.493 e. The van der Waals surface area contributed by atoms with Crippen LogP contribution in [0.3, 0.4) is 0 Å². The summed E-state index contributed by atoms with van der Waals surface area (Å²) in [7, 11) is 0. The largest absolute Gasteiger partial charge is 0.493 e. The van der Waals surface area contributed by atoms with E-state index in [2.05, 4.69) is 65.8 Å². The van der Waals surface area contributed by atoms with Gasteiger partial charge in [0.25, 0.3) is 0 Å². The highest BCUT2D eigenvalue weighted by Gasteiger charge is 2.33. The maximum Gasteiger partial charge on any atom is 0.121 e. The quantitative estimate of drug-likeness (QED) is 0.778. The summed E-state index contributed by atoms with van der Waals surface area (Å²) in [6.07, 6.45) is 4.00. The summed E-state index contributed by atoms with van der Waals surface area (Å²) in [5.41, 5.74) is 6.53. The molecule has 0 atom stereocenters. The van der Waals surface area contributed by atoms with Crippen molar-refractivity contribution in [1.29, 1.82) is 0 Å². The molecule has 154 valence electrons. The van der Waals surface area contributed by atoms with Crippen LogP contribution in [0, 0.1) is 5.92 Å². The second-order valence-corrected chi connectivity index (χ2v) is 9.47. The normalized spacial score (nSPS) is 20.9. The maximum absolute atomic E-state index is 6.09. The molecule has 3 aliphatic rings. The molecule has 0 spiro atoms. The molecule has 0 bridgehead atoms. The van der Waals surface area contributed by atoms with E-state index >= 15 is 0 Å².